The molecular formula is C7H14BF4N. The molecule has 0 aromatic heterocycles. The first-order valence-electron chi connectivity index (χ1n) is 4.18. The molecule has 0 heterocycles. The molecule has 0 saturated heterocycles. The van der Waals surface area contributed by atoms with E-state index in [1.165, 1.54) is 12.8 Å². The Labute approximate surface area is 76.1 Å². The summed E-state index contributed by atoms with van der Waals surface area (Å²) in [5.41, 5.74) is 0. The number of nitrogens with zero attached hydrogens (tertiary/aromatic N) is 1. The largest absolute Gasteiger partial charge is 0.673 e. The topological polar surface area (TPSA) is 4.36 Å². The Balaban J connectivity index is 0. The molecule has 0 rings (SSSR count). The zero-order chi connectivity index (χ0) is 10.7. The van der Waals surface area contributed by atoms with Gasteiger partial charge in [-0.2, -0.15) is 0 Å². The third-order valence-electron chi connectivity index (χ3n) is 0.912. The maximum atomic E-state index is 9.75. The standard InChI is InChI=1S/C7H14N.BF4/c1-3-5-6-7-8-4-2;2-1(3,4)5/h3-6H2,1-2H3;/q+1;-1. The molecule has 0 aliphatic carbocycles. The van der Waals surface area contributed by atoms with Crippen molar-refractivity contribution in [2.24, 2.45) is 0 Å². The van der Waals surface area contributed by atoms with Crippen molar-refractivity contribution >= 4 is 7.25 Å². The molecule has 6 heteroatoms. The summed E-state index contributed by atoms with van der Waals surface area (Å²) >= 11 is 0. The van der Waals surface area contributed by atoms with Gasteiger partial charge in [-0.3, -0.25) is 0 Å². The van der Waals surface area contributed by atoms with Gasteiger partial charge in [-0.05, 0) is 6.42 Å². The Morgan fingerprint density at radius 1 is 1.15 bits per heavy atom. The third kappa shape index (κ3) is 53.1. The Morgan fingerprint density at radius 3 is 1.92 bits per heavy atom. The molecule has 0 aliphatic rings. The van der Waals surface area contributed by atoms with Crippen LogP contribution in [0, 0.1) is 6.07 Å². The van der Waals surface area contributed by atoms with Gasteiger partial charge in [-0.15, -0.1) is 0 Å². The molecule has 0 bridgehead atoms. The van der Waals surface area contributed by atoms with Crippen molar-refractivity contribution in [1.82, 2.24) is 0 Å². The van der Waals surface area contributed by atoms with Crippen LogP contribution in [0.25, 0.3) is 4.85 Å². The van der Waals surface area contributed by atoms with Gasteiger partial charge in [0.05, 0.1) is 6.42 Å². The van der Waals surface area contributed by atoms with E-state index in [9.17, 15) is 17.3 Å². The fourth-order valence-electron chi connectivity index (χ4n) is 0.447. The Hall–Kier alpha value is -0.725. The van der Waals surface area contributed by atoms with Crippen molar-refractivity contribution < 1.29 is 17.3 Å². The summed E-state index contributed by atoms with van der Waals surface area (Å²) in [4.78, 5) is 3.96. The van der Waals surface area contributed by atoms with Gasteiger partial charge in [0, 0.05) is 6.92 Å². The van der Waals surface area contributed by atoms with Crippen LogP contribution in [0.2, 0.25) is 0 Å². The van der Waals surface area contributed by atoms with Crippen LogP contribution in [0.3, 0.4) is 0 Å². The summed E-state index contributed by atoms with van der Waals surface area (Å²) in [7, 11) is -6.00. The molecule has 0 saturated carbocycles. The van der Waals surface area contributed by atoms with Gasteiger partial charge < -0.3 is 17.3 Å². The van der Waals surface area contributed by atoms with Gasteiger partial charge in [-0.25, -0.2) is 0 Å². The smallest absolute Gasteiger partial charge is 0.418 e. The van der Waals surface area contributed by atoms with Gasteiger partial charge in [-0.1, -0.05) is 18.2 Å². The molecule has 0 radical (unpaired) electrons. The number of unbranched alkanes of at least 4 members (excludes halogenated alkanes) is 2. The molecule has 0 N–H and O–H groups in total. The van der Waals surface area contributed by atoms with E-state index in [1.54, 1.807) is 0 Å². The van der Waals surface area contributed by atoms with Gasteiger partial charge in [0.25, 0.3) is 12.6 Å². The van der Waals surface area contributed by atoms with Gasteiger partial charge in [0.2, 0.25) is 0 Å². The van der Waals surface area contributed by atoms with E-state index < -0.39 is 7.25 Å². The summed E-state index contributed by atoms with van der Waals surface area (Å²) in [5, 5.41) is 0. The highest BCUT2D eigenvalue weighted by Gasteiger charge is 2.20. The number of halogens is 4. The Morgan fingerprint density at radius 2 is 1.62 bits per heavy atom. The predicted octanol–water partition coefficient (Wildman–Crippen LogP) is 3.83. The van der Waals surface area contributed by atoms with Crippen molar-refractivity contribution in [2.45, 2.75) is 33.1 Å². The molecule has 0 atom stereocenters. The predicted molar refractivity (Wildman–Crippen MR) is 47.5 cm³/mol. The van der Waals surface area contributed by atoms with Crippen molar-refractivity contribution in [1.29, 1.82) is 0 Å². The third-order valence-corrected chi connectivity index (χ3v) is 0.912. The highest BCUT2D eigenvalue weighted by molar-refractivity contribution is 6.50. The average Bonchev–Trinajstić information content (AvgIpc) is 1.95. The molecule has 0 unspecified atom stereocenters. The lowest BCUT2D eigenvalue weighted by Crippen LogP contribution is -2.02. The van der Waals surface area contributed by atoms with Crippen molar-refractivity contribution in [2.75, 3.05) is 6.54 Å². The Kier molecular flexibility index (Phi) is 10.6. The fraction of sp³-hybridized carbons (Fsp3) is 0.857. The van der Waals surface area contributed by atoms with Crippen LogP contribution in [0.5, 0.6) is 0 Å². The first kappa shape index (κ1) is 14.8. The zero-order valence-electron chi connectivity index (χ0n) is 7.86. The lowest BCUT2D eigenvalue weighted by atomic mass is 10.3. The number of rotatable bonds is 2. The van der Waals surface area contributed by atoms with Gasteiger partial charge >= 0.3 is 7.25 Å². The van der Waals surface area contributed by atoms with Crippen LogP contribution < -0.4 is 0 Å². The van der Waals surface area contributed by atoms with Crippen molar-refractivity contribution in [3.63, 3.8) is 0 Å². The van der Waals surface area contributed by atoms with Crippen LogP contribution in [-0.4, -0.2) is 13.8 Å². The summed E-state index contributed by atoms with van der Waals surface area (Å²) < 4.78 is 39.0. The summed E-state index contributed by atoms with van der Waals surface area (Å²) in [5.74, 6) is 0. The Bertz CT molecular complexity index is 152. The monoisotopic (exact) mass is 199 g/mol. The van der Waals surface area contributed by atoms with E-state index in [1.807, 2.05) is 6.92 Å². The first-order valence-corrected chi connectivity index (χ1v) is 4.18. The van der Waals surface area contributed by atoms with Gasteiger partial charge in [0.15, 0.2) is 0 Å². The van der Waals surface area contributed by atoms with E-state index in [0.717, 1.165) is 13.0 Å². The normalized spacial score (nSPS) is 9.38. The van der Waals surface area contributed by atoms with Crippen molar-refractivity contribution in [3.05, 3.63) is 4.85 Å². The van der Waals surface area contributed by atoms with Crippen LogP contribution >= 0.6 is 0 Å². The highest BCUT2D eigenvalue weighted by Crippen LogP contribution is 2.06. The minimum Gasteiger partial charge on any atom is -0.418 e. The van der Waals surface area contributed by atoms with E-state index in [4.69, 9.17) is 0 Å². The minimum absolute atomic E-state index is 0.879. The molecule has 0 aliphatic heterocycles. The van der Waals surface area contributed by atoms with Crippen LogP contribution in [0.4, 0.5) is 17.3 Å². The second-order valence-corrected chi connectivity index (χ2v) is 2.23. The van der Waals surface area contributed by atoms with E-state index >= 15 is 0 Å². The quantitative estimate of drug-likeness (QED) is 0.361. The van der Waals surface area contributed by atoms with Crippen LogP contribution in [-0.2, 0) is 0 Å². The first-order chi connectivity index (χ1) is 5.91. The number of hydrogen-bond acceptors (Lipinski definition) is 0. The van der Waals surface area contributed by atoms with Crippen LogP contribution in [0.1, 0.15) is 33.1 Å². The second-order valence-electron chi connectivity index (χ2n) is 2.23. The van der Waals surface area contributed by atoms with Crippen LogP contribution in [0.15, 0.2) is 0 Å². The SMILES string of the molecule is CCCCC#[N+]CC.F[B-](F)(F)F. The fourth-order valence-corrected chi connectivity index (χ4v) is 0.447. The molecule has 0 aromatic rings. The van der Waals surface area contributed by atoms with E-state index in [0.29, 0.717) is 0 Å². The molecule has 78 valence electrons. The second kappa shape index (κ2) is 9.36. The highest BCUT2D eigenvalue weighted by atomic mass is 19.5. The number of hydrogen-bond donors (Lipinski definition) is 0. The maximum absolute atomic E-state index is 9.75. The minimum atomic E-state index is -6.00. The van der Waals surface area contributed by atoms with E-state index in [2.05, 4.69) is 17.8 Å². The maximum Gasteiger partial charge on any atom is 0.673 e. The zero-order valence-corrected chi connectivity index (χ0v) is 7.86. The molecular weight excluding hydrogens is 185 g/mol. The molecule has 0 amide bonds. The molecule has 0 spiro atoms. The molecule has 0 aromatic carbocycles. The summed E-state index contributed by atoms with van der Waals surface area (Å²) in [6.45, 7) is 5.08. The molecule has 13 heavy (non-hydrogen) atoms. The van der Waals surface area contributed by atoms with E-state index in [-0.39, 0.29) is 0 Å². The summed E-state index contributed by atoms with van der Waals surface area (Å²) in [6.07, 6.45) is 3.50. The lowest BCUT2D eigenvalue weighted by molar-refractivity contribution is 0.368. The lowest BCUT2D eigenvalue weighted by Gasteiger charge is -1.94. The van der Waals surface area contributed by atoms with Crippen molar-refractivity contribution in [3.8, 4) is 6.07 Å². The molecule has 0 fully saturated rings. The summed E-state index contributed by atoms with van der Waals surface area (Å²) in [6, 6.07) is 2.96. The molecule has 1 nitrogen and oxygen atoms in total. The average molecular weight is 199 g/mol. The van der Waals surface area contributed by atoms with Gasteiger partial charge in [0.1, 0.15) is 0 Å².